The predicted molar refractivity (Wildman–Crippen MR) is 63.4 cm³/mol. The lowest BCUT2D eigenvalue weighted by Crippen LogP contribution is -2.06. The largest absolute Gasteiger partial charge is 0.294 e. The molecule has 1 heterocycles. The Morgan fingerprint density at radius 3 is 2.39 bits per heavy atom. The predicted octanol–water partition coefficient (Wildman–Crippen LogP) is 3.09. The van der Waals surface area contributed by atoms with Crippen molar-refractivity contribution in [2.45, 2.75) is 13.3 Å². The van der Waals surface area contributed by atoms with Crippen molar-refractivity contribution in [2.75, 3.05) is 0 Å². The molecule has 0 bridgehead atoms. The molecule has 2 nitrogen and oxygen atoms in total. The van der Waals surface area contributed by atoms with E-state index in [1.807, 2.05) is 13.0 Å². The van der Waals surface area contributed by atoms with E-state index < -0.39 is 11.6 Å². The summed E-state index contributed by atoms with van der Waals surface area (Å²) >= 11 is 0. The number of halogens is 2. The van der Waals surface area contributed by atoms with Crippen molar-refractivity contribution in [1.82, 2.24) is 4.98 Å². The van der Waals surface area contributed by atoms with Crippen LogP contribution in [-0.2, 0) is 6.42 Å². The Balaban J connectivity index is 2.19. The maximum Gasteiger partial charge on any atom is 0.169 e. The number of ketones is 1. The van der Waals surface area contributed by atoms with E-state index in [1.165, 1.54) is 0 Å². The minimum Gasteiger partial charge on any atom is -0.294 e. The van der Waals surface area contributed by atoms with Crippen LogP contribution in [0.15, 0.2) is 36.5 Å². The Kier molecular flexibility index (Phi) is 3.46. The fourth-order valence-electron chi connectivity index (χ4n) is 1.58. The molecule has 92 valence electrons. The highest BCUT2D eigenvalue weighted by Gasteiger charge is 2.10. The fraction of sp³-hybridized carbons (Fsp3) is 0.143. The summed E-state index contributed by atoms with van der Waals surface area (Å²) in [5.74, 6) is -1.87. The number of aryl methyl sites for hydroxylation is 1. The Bertz CT molecular complexity index is 559. The number of hydrogen-bond donors (Lipinski definition) is 0. The number of rotatable bonds is 3. The minimum atomic E-state index is -0.754. The molecule has 0 amide bonds. The smallest absolute Gasteiger partial charge is 0.169 e. The van der Waals surface area contributed by atoms with Crippen LogP contribution in [0, 0.1) is 18.6 Å². The van der Waals surface area contributed by atoms with Crippen molar-refractivity contribution in [3.8, 4) is 0 Å². The van der Waals surface area contributed by atoms with Crippen LogP contribution in [0.3, 0.4) is 0 Å². The Labute approximate surface area is 103 Å². The van der Waals surface area contributed by atoms with Gasteiger partial charge in [0.2, 0.25) is 0 Å². The van der Waals surface area contributed by atoms with Gasteiger partial charge in [-0.05, 0) is 30.7 Å². The van der Waals surface area contributed by atoms with E-state index >= 15 is 0 Å². The van der Waals surface area contributed by atoms with E-state index in [1.54, 1.807) is 12.3 Å². The Hall–Kier alpha value is -2.10. The lowest BCUT2D eigenvalue weighted by Gasteiger charge is -2.02. The third kappa shape index (κ3) is 2.97. The monoisotopic (exact) mass is 247 g/mol. The molecule has 0 fully saturated rings. The number of carbonyl (C=O) groups is 1. The Morgan fingerprint density at radius 1 is 1.17 bits per heavy atom. The third-order valence-electron chi connectivity index (χ3n) is 2.50. The van der Waals surface area contributed by atoms with Gasteiger partial charge in [-0.15, -0.1) is 0 Å². The molecule has 0 saturated carbocycles. The minimum absolute atomic E-state index is 0.0230. The molecule has 0 N–H and O–H groups in total. The average Bonchev–Trinajstić information content (AvgIpc) is 2.31. The molecule has 1 aromatic carbocycles. The van der Waals surface area contributed by atoms with Crippen LogP contribution in [0.5, 0.6) is 0 Å². The second-order valence-electron chi connectivity index (χ2n) is 4.08. The molecule has 0 saturated heterocycles. The number of pyridine rings is 1. The first-order valence-corrected chi connectivity index (χ1v) is 5.45. The van der Waals surface area contributed by atoms with Gasteiger partial charge >= 0.3 is 0 Å². The third-order valence-corrected chi connectivity index (χ3v) is 2.50. The highest BCUT2D eigenvalue weighted by atomic mass is 19.1. The van der Waals surface area contributed by atoms with Crippen molar-refractivity contribution in [3.05, 3.63) is 65.0 Å². The van der Waals surface area contributed by atoms with Gasteiger partial charge in [-0.3, -0.25) is 9.78 Å². The second-order valence-corrected chi connectivity index (χ2v) is 4.08. The van der Waals surface area contributed by atoms with Gasteiger partial charge in [0.25, 0.3) is 0 Å². The summed E-state index contributed by atoms with van der Waals surface area (Å²) < 4.78 is 25.9. The van der Waals surface area contributed by atoms with Gasteiger partial charge in [0.05, 0.1) is 6.42 Å². The molecule has 0 aliphatic heterocycles. The van der Waals surface area contributed by atoms with E-state index in [-0.39, 0.29) is 17.8 Å². The van der Waals surface area contributed by atoms with Gasteiger partial charge in [-0.25, -0.2) is 8.78 Å². The molecular formula is C14H11F2NO. The van der Waals surface area contributed by atoms with Gasteiger partial charge < -0.3 is 0 Å². The molecule has 0 atom stereocenters. The fourth-order valence-corrected chi connectivity index (χ4v) is 1.58. The van der Waals surface area contributed by atoms with Crippen molar-refractivity contribution >= 4 is 5.78 Å². The van der Waals surface area contributed by atoms with Crippen molar-refractivity contribution in [3.63, 3.8) is 0 Å². The molecule has 0 aliphatic rings. The highest BCUT2D eigenvalue weighted by molar-refractivity contribution is 5.97. The summed E-state index contributed by atoms with van der Waals surface area (Å²) in [6.45, 7) is 1.89. The van der Waals surface area contributed by atoms with E-state index in [9.17, 15) is 13.6 Å². The number of Topliss-reactive ketones (excluding diaryl/α,β-unsaturated/α-hetero) is 1. The molecule has 4 heteroatoms. The quantitative estimate of drug-likeness (QED) is 0.780. The van der Waals surface area contributed by atoms with Gasteiger partial charge in [-0.2, -0.15) is 0 Å². The molecule has 0 radical (unpaired) electrons. The molecule has 2 aromatic rings. The van der Waals surface area contributed by atoms with E-state index in [0.29, 0.717) is 5.69 Å². The first kappa shape index (κ1) is 12.4. The zero-order valence-electron chi connectivity index (χ0n) is 9.78. The van der Waals surface area contributed by atoms with Crippen LogP contribution < -0.4 is 0 Å². The number of aromatic nitrogens is 1. The number of benzene rings is 1. The molecule has 0 unspecified atom stereocenters. The number of nitrogens with zero attached hydrogens (tertiary/aromatic N) is 1. The summed E-state index contributed by atoms with van der Waals surface area (Å²) in [6.07, 6.45) is 1.68. The standard InChI is InChI=1S/C14H11F2NO/c1-9-2-3-13(17-8-9)7-14(18)10-4-11(15)6-12(16)5-10/h2-6,8H,7H2,1H3. The van der Waals surface area contributed by atoms with Crippen LogP contribution >= 0.6 is 0 Å². The molecule has 18 heavy (non-hydrogen) atoms. The topological polar surface area (TPSA) is 30.0 Å². The van der Waals surface area contributed by atoms with Crippen LogP contribution in [0.25, 0.3) is 0 Å². The van der Waals surface area contributed by atoms with Gasteiger partial charge in [0.15, 0.2) is 5.78 Å². The van der Waals surface area contributed by atoms with Crippen molar-refractivity contribution in [1.29, 1.82) is 0 Å². The summed E-state index contributed by atoms with van der Waals surface area (Å²) in [5, 5.41) is 0. The number of hydrogen-bond acceptors (Lipinski definition) is 2. The highest BCUT2D eigenvalue weighted by Crippen LogP contribution is 2.11. The van der Waals surface area contributed by atoms with Crippen LogP contribution in [0.4, 0.5) is 8.78 Å². The molecule has 0 spiro atoms. The second kappa shape index (κ2) is 5.04. The summed E-state index contributed by atoms with van der Waals surface area (Å²) in [7, 11) is 0. The van der Waals surface area contributed by atoms with E-state index in [0.717, 1.165) is 23.8 Å². The Morgan fingerprint density at radius 2 is 1.83 bits per heavy atom. The van der Waals surface area contributed by atoms with Gasteiger partial charge in [0.1, 0.15) is 11.6 Å². The van der Waals surface area contributed by atoms with Gasteiger partial charge in [-0.1, -0.05) is 6.07 Å². The summed E-state index contributed by atoms with van der Waals surface area (Å²) in [5.41, 5.74) is 1.59. The molecule has 0 aliphatic carbocycles. The normalized spacial score (nSPS) is 10.4. The average molecular weight is 247 g/mol. The first-order valence-electron chi connectivity index (χ1n) is 5.45. The van der Waals surface area contributed by atoms with Crippen molar-refractivity contribution < 1.29 is 13.6 Å². The van der Waals surface area contributed by atoms with E-state index in [2.05, 4.69) is 4.98 Å². The maximum atomic E-state index is 13.0. The lowest BCUT2D eigenvalue weighted by atomic mass is 10.1. The van der Waals surface area contributed by atoms with Crippen LogP contribution in [-0.4, -0.2) is 10.8 Å². The zero-order valence-corrected chi connectivity index (χ0v) is 9.78. The SMILES string of the molecule is Cc1ccc(CC(=O)c2cc(F)cc(F)c2)nc1. The maximum absolute atomic E-state index is 13.0. The van der Waals surface area contributed by atoms with Crippen LogP contribution in [0.1, 0.15) is 21.6 Å². The molecule has 1 aromatic heterocycles. The zero-order chi connectivity index (χ0) is 13.1. The molecular weight excluding hydrogens is 236 g/mol. The first-order chi connectivity index (χ1) is 8.54. The van der Waals surface area contributed by atoms with Crippen LogP contribution in [0.2, 0.25) is 0 Å². The molecule has 2 rings (SSSR count). The van der Waals surface area contributed by atoms with Crippen molar-refractivity contribution in [2.24, 2.45) is 0 Å². The number of carbonyl (C=O) groups excluding carboxylic acids is 1. The van der Waals surface area contributed by atoms with Gasteiger partial charge in [0, 0.05) is 23.5 Å². The summed E-state index contributed by atoms with van der Waals surface area (Å²) in [4.78, 5) is 15.9. The van der Waals surface area contributed by atoms with E-state index in [4.69, 9.17) is 0 Å². The summed E-state index contributed by atoms with van der Waals surface area (Å²) in [6, 6.07) is 6.35. The lowest BCUT2D eigenvalue weighted by molar-refractivity contribution is 0.0991.